The van der Waals surface area contributed by atoms with Gasteiger partial charge in [0.05, 0.1) is 16.6 Å². The lowest BCUT2D eigenvalue weighted by Crippen LogP contribution is -2.26. The van der Waals surface area contributed by atoms with Gasteiger partial charge in [-0.3, -0.25) is 4.79 Å². The first-order chi connectivity index (χ1) is 9.17. The van der Waals surface area contributed by atoms with E-state index in [0.29, 0.717) is 18.0 Å². The highest BCUT2D eigenvalue weighted by molar-refractivity contribution is 8.00. The van der Waals surface area contributed by atoms with E-state index in [1.807, 2.05) is 31.2 Å². The largest absolute Gasteiger partial charge is 0.356 e. The number of anilines is 1. The Balaban J connectivity index is 1.97. The summed E-state index contributed by atoms with van der Waals surface area (Å²) in [4.78, 5) is 12.7. The summed E-state index contributed by atoms with van der Waals surface area (Å²) in [6.45, 7) is 2.24. The minimum Gasteiger partial charge on any atom is -0.356 e. The van der Waals surface area contributed by atoms with E-state index in [4.69, 9.17) is 10.3 Å². The lowest BCUT2D eigenvalue weighted by molar-refractivity contribution is -0.115. The van der Waals surface area contributed by atoms with Gasteiger partial charge in [0.25, 0.3) is 0 Å². The van der Waals surface area contributed by atoms with Gasteiger partial charge in [-0.05, 0) is 25.1 Å². The van der Waals surface area contributed by atoms with E-state index in [1.165, 1.54) is 0 Å². The first-order valence-electron chi connectivity index (χ1n) is 5.95. The molecule has 0 radical (unpaired) electrons. The van der Waals surface area contributed by atoms with Gasteiger partial charge in [0, 0.05) is 23.1 Å². The van der Waals surface area contributed by atoms with Crippen LogP contribution >= 0.6 is 11.8 Å². The van der Waals surface area contributed by atoms with Crippen LogP contribution < -0.4 is 11.1 Å². The van der Waals surface area contributed by atoms with E-state index in [9.17, 15) is 4.79 Å². The molecule has 98 valence electrons. The molecule has 2 aromatic rings. The molecule has 0 spiro atoms. The molecule has 0 aliphatic carbocycles. The van der Waals surface area contributed by atoms with Crippen molar-refractivity contribution < 1.29 is 9.32 Å². The zero-order valence-corrected chi connectivity index (χ0v) is 11.2. The summed E-state index contributed by atoms with van der Waals surface area (Å²) in [5.41, 5.74) is 7.90. The maximum absolute atomic E-state index is 11.7. The van der Waals surface area contributed by atoms with Gasteiger partial charge in [-0.1, -0.05) is 5.16 Å². The molecule has 19 heavy (non-hydrogen) atoms. The molecule has 0 saturated carbocycles. The lowest BCUT2D eigenvalue weighted by Gasteiger charge is -2.21. The van der Waals surface area contributed by atoms with Crippen LogP contribution in [0.3, 0.4) is 0 Å². The third-order valence-electron chi connectivity index (χ3n) is 2.96. The minimum atomic E-state index is -0.0625. The van der Waals surface area contributed by atoms with Gasteiger partial charge in [-0.2, -0.15) is 0 Å². The van der Waals surface area contributed by atoms with Gasteiger partial charge in [-0.25, -0.2) is 0 Å². The summed E-state index contributed by atoms with van der Waals surface area (Å²) in [5.74, 6) is 0.677. The molecule has 1 aromatic heterocycles. The monoisotopic (exact) mass is 275 g/mol. The van der Waals surface area contributed by atoms with Crippen LogP contribution in [0.15, 0.2) is 33.7 Å². The molecule has 0 fully saturated rings. The van der Waals surface area contributed by atoms with Gasteiger partial charge in [0.2, 0.25) is 5.91 Å². The van der Waals surface area contributed by atoms with E-state index in [1.54, 1.807) is 11.8 Å². The molecule has 1 unspecified atom stereocenters. The van der Waals surface area contributed by atoms with E-state index in [2.05, 4.69) is 10.5 Å². The fourth-order valence-electron chi connectivity index (χ4n) is 1.91. The van der Waals surface area contributed by atoms with Crippen LogP contribution in [0.1, 0.15) is 12.6 Å². The Labute approximate surface area is 114 Å². The summed E-state index contributed by atoms with van der Waals surface area (Å²) < 4.78 is 5.23. The number of hydrogen-bond acceptors (Lipinski definition) is 5. The number of nitrogens with one attached hydrogen (secondary N) is 1. The molecule has 1 aliphatic rings. The van der Waals surface area contributed by atoms with Gasteiger partial charge < -0.3 is 15.6 Å². The summed E-state index contributed by atoms with van der Waals surface area (Å²) in [7, 11) is 0. The molecular weight excluding hydrogens is 262 g/mol. The predicted octanol–water partition coefficient (Wildman–Crippen LogP) is 2.23. The van der Waals surface area contributed by atoms with Crippen molar-refractivity contribution in [3.05, 3.63) is 30.0 Å². The van der Waals surface area contributed by atoms with Crippen LogP contribution in [-0.4, -0.2) is 16.3 Å². The minimum absolute atomic E-state index is 0.0230. The topological polar surface area (TPSA) is 81.2 Å². The van der Waals surface area contributed by atoms with Crippen molar-refractivity contribution in [1.82, 2.24) is 5.16 Å². The number of benzene rings is 1. The van der Waals surface area contributed by atoms with Crippen molar-refractivity contribution >= 4 is 23.4 Å². The van der Waals surface area contributed by atoms with Crippen molar-refractivity contribution in [2.24, 2.45) is 5.73 Å². The second kappa shape index (κ2) is 4.71. The van der Waals surface area contributed by atoms with Gasteiger partial charge >= 0.3 is 0 Å². The number of nitrogens with two attached hydrogens (primary N) is 1. The van der Waals surface area contributed by atoms with Crippen LogP contribution in [0.25, 0.3) is 11.3 Å². The number of fused-ring (bicyclic) bond motifs is 1. The summed E-state index contributed by atoms with van der Waals surface area (Å²) in [6.07, 6.45) is 0. The Kier molecular flexibility index (Phi) is 3.04. The molecule has 1 atom stereocenters. The highest BCUT2D eigenvalue weighted by atomic mass is 32.2. The number of aromatic nitrogens is 1. The van der Waals surface area contributed by atoms with Crippen LogP contribution in [0.2, 0.25) is 0 Å². The summed E-state index contributed by atoms with van der Waals surface area (Å²) >= 11 is 1.56. The fourth-order valence-corrected chi connectivity index (χ4v) is 2.84. The summed E-state index contributed by atoms with van der Waals surface area (Å²) in [5, 5.41) is 6.69. The third kappa shape index (κ3) is 2.24. The fraction of sp³-hybridized carbons (Fsp3) is 0.231. The van der Waals surface area contributed by atoms with Crippen molar-refractivity contribution in [3.8, 4) is 11.3 Å². The quantitative estimate of drug-likeness (QED) is 0.878. The Morgan fingerprint density at radius 3 is 3.05 bits per heavy atom. The second-order valence-corrected chi connectivity index (χ2v) is 5.73. The average Bonchev–Trinajstić information content (AvgIpc) is 2.88. The zero-order valence-electron chi connectivity index (χ0n) is 10.3. The van der Waals surface area contributed by atoms with Crippen molar-refractivity contribution in [3.63, 3.8) is 0 Å². The van der Waals surface area contributed by atoms with Crippen LogP contribution in [0.4, 0.5) is 5.69 Å². The van der Waals surface area contributed by atoms with Crippen LogP contribution in [-0.2, 0) is 11.3 Å². The van der Waals surface area contributed by atoms with E-state index in [0.717, 1.165) is 16.1 Å². The Morgan fingerprint density at radius 2 is 2.32 bits per heavy atom. The number of thioether (sulfide) groups is 1. The first-order valence-corrected chi connectivity index (χ1v) is 6.83. The van der Waals surface area contributed by atoms with E-state index >= 15 is 0 Å². The maximum atomic E-state index is 11.7. The van der Waals surface area contributed by atoms with Gasteiger partial charge in [-0.15, -0.1) is 11.8 Å². The second-order valence-electron chi connectivity index (χ2n) is 4.35. The summed E-state index contributed by atoms with van der Waals surface area (Å²) in [6, 6.07) is 7.64. The smallest absolute Gasteiger partial charge is 0.237 e. The van der Waals surface area contributed by atoms with E-state index in [-0.39, 0.29) is 11.2 Å². The Hall–Kier alpha value is -1.79. The van der Waals surface area contributed by atoms with Crippen molar-refractivity contribution in [2.45, 2.75) is 23.6 Å². The number of hydrogen-bond donors (Lipinski definition) is 2. The molecule has 2 heterocycles. The highest BCUT2D eigenvalue weighted by Crippen LogP contribution is 2.37. The number of carbonyl (C=O) groups excluding carboxylic acids is 1. The van der Waals surface area contributed by atoms with Crippen LogP contribution in [0, 0.1) is 0 Å². The zero-order chi connectivity index (χ0) is 13.4. The van der Waals surface area contributed by atoms with E-state index < -0.39 is 0 Å². The van der Waals surface area contributed by atoms with Crippen LogP contribution in [0.5, 0.6) is 0 Å². The van der Waals surface area contributed by atoms with Gasteiger partial charge in [0.1, 0.15) is 0 Å². The molecule has 0 bridgehead atoms. The number of amides is 1. The number of carbonyl (C=O) groups is 1. The van der Waals surface area contributed by atoms with Crippen molar-refractivity contribution in [1.29, 1.82) is 0 Å². The standard InChI is InChI=1S/C13H13N3O2S/c1-7-13(17)15-10-4-8(2-3-12(10)19-7)11-5-9(6-14)16-18-11/h2-5,7H,6,14H2,1H3,(H,15,17). The Bertz CT molecular complexity index is 639. The SMILES string of the molecule is CC1Sc2ccc(-c3cc(CN)no3)cc2NC1=O. The number of nitrogens with zero attached hydrogens (tertiary/aromatic N) is 1. The Morgan fingerprint density at radius 1 is 1.47 bits per heavy atom. The lowest BCUT2D eigenvalue weighted by atomic mass is 10.1. The number of rotatable bonds is 2. The molecule has 1 aromatic carbocycles. The highest BCUT2D eigenvalue weighted by Gasteiger charge is 2.23. The molecule has 3 rings (SSSR count). The van der Waals surface area contributed by atoms with Crippen molar-refractivity contribution in [2.75, 3.05) is 5.32 Å². The molecular formula is C13H13N3O2S. The first kappa shape index (κ1) is 12.3. The molecule has 3 N–H and O–H groups in total. The maximum Gasteiger partial charge on any atom is 0.237 e. The predicted molar refractivity (Wildman–Crippen MR) is 73.8 cm³/mol. The molecule has 0 saturated heterocycles. The normalized spacial score (nSPS) is 18.0. The molecule has 1 aliphatic heterocycles. The molecule has 1 amide bonds. The van der Waals surface area contributed by atoms with Gasteiger partial charge in [0.15, 0.2) is 5.76 Å². The molecule has 5 nitrogen and oxygen atoms in total. The third-order valence-corrected chi connectivity index (χ3v) is 4.14. The molecule has 6 heteroatoms. The average molecular weight is 275 g/mol.